The van der Waals surface area contributed by atoms with Gasteiger partial charge in [-0.3, -0.25) is 15.4 Å². The van der Waals surface area contributed by atoms with E-state index in [4.69, 9.17) is 10.5 Å². The third kappa shape index (κ3) is 4.13. The lowest BCUT2D eigenvalue weighted by Gasteiger charge is -2.58. The van der Waals surface area contributed by atoms with E-state index in [0.29, 0.717) is 17.8 Å². The number of nitrogens with two attached hydrogens (primary N) is 1. The van der Waals surface area contributed by atoms with Crippen molar-refractivity contribution in [1.29, 1.82) is 0 Å². The van der Waals surface area contributed by atoms with Crippen LogP contribution in [0.3, 0.4) is 0 Å². The van der Waals surface area contributed by atoms with Crippen molar-refractivity contribution in [3.63, 3.8) is 0 Å². The van der Waals surface area contributed by atoms with Crippen molar-refractivity contribution < 1.29 is 14.5 Å². The van der Waals surface area contributed by atoms with Crippen molar-refractivity contribution in [2.24, 2.45) is 28.3 Å². The van der Waals surface area contributed by atoms with Crippen molar-refractivity contribution in [2.45, 2.75) is 51.5 Å². The number of carbonyl (C=O) groups is 1. The average Bonchev–Trinajstić information content (AvgIpc) is 2.66. The molecule has 11 nitrogen and oxygen atoms in total. The standard InChI is InChI=1S/C20H28N6O5/c1-2-31-19(27)24-16-6-14(17(26(29)30)18(21)23-16)22-10-15(25-28)20-7-11-3-12(8-20)5-13(4-11)9-20/h6,11-13,15H,2-5,7-10H2,1H3,(H4,21,22,23,24,27). The SMILES string of the molecule is CCOC(=O)Nc1cc(NCC(N=O)C23CC4CC(CC(C4)C2)C3)c([N+](=O)[O-])c(N)n1. The summed E-state index contributed by atoms with van der Waals surface area (Å²) in [5.41, 5.74) is 5.34. The van der Waals surface area contributed by atoms with Gasteiger partial charge in [-0.25, -0.2) is 9.78 Å². The summed E-state index contributed by atoms with van der Waals surface area (Å²) >= 11 is 0. The molecule has 4 aliphatic rings. The smallest absolute Gasteiger partial charge is 0.412 e. The summed E-state index contributed by atoms with van der Waals surface area (Å²) in [4.78, 5) is 38.4. The van der Waals surface area contributed by atoms with E-state index in [1.165, 1.54) is 25.3 Å². The Balaban J connectivity index is 1.54. The van der Waals surface area contributed by atoms with Gasteiger partial charge in [0.05, 0.1) is 11.5 Å². The zero-order valence-corrected chi connectivity index (χ0v) is 17.5. The van der Waals surface area contributed by atoms with Gasteiger partial charge in [0.2, 0.25) is 5.82 Å². The molecule has 1 aromatic heterocycles. The summed E-state index contributed by atoms with van der Waals surface area (Å²) in [7, 11) is 0. The summed E-state index contributed by atoms with van der Waals surface area (Å²) in [6.07, 6.45) is 5.97. The van der Waals surface area contributed by atoms with Crippen LogP contribution in [0.25, 0.3) is 0 Å². The van der Waals surface area contributed by atoms with Gasteiger partial charge in [0, 0.05) is 12.6 Å². The number of aromatic nitrogens is 1. The van der Waals surface area contributed by atoms with Crippen molar-refractivity contribution in [3.05, 3.63) is 21.1 Å². The first-order valence-electron chi connectivity index (χ1n) is 10.8. The van der Waals surface area contributed by atoms with Crippen molar-refractivity contribution in [1.82, 2.24) is 4.98 Å². The highest BCUT2D eigenvalue weighted by Crippen LogP contribution is 2.61. The molecule has 4 fully saturated rings. The molecule has 4 bridgehead atoms. The van der Waals surface area contributed by atoms with Gasteiger partial charge in [-0.15, -0.1) is 0 Å². The first kappa shape index (κ1) is 21.3. The highest BCUT2D eigenvalue weighted by Gasteiger charge is 2.54. The maximum absolute atomic E-state index is 11.9. The van der Waals surface area contributed by atoms with E-state index >= 15 is 0 Å². The van der Waals surface area contributed by atoms with Crippen LogP contribution in [0.2, 0.25) is 0 Å². The van der Waals surface area contributed by atoms with Crippen LogP contribution in [0.15, 0.2) is 11.2 Å². The van der Waals surface area contributed by atoms with Crippen LogP contribution in [-0.2, 0) is 4.74 Å². The lowest BCUT2D eigenvalue weighted by atomic mass is 9.48. The molecule has 0 saturated heterocycles. The van der Waals surface area contributed by atoms with E-state index < -0.39 is 22.7 Å². The maximum atomic E-state index is 11.9. The van der Waals surface area contributed by atoms with E-state index in [-0.39, 0.29) is 35.9 Å². The van der Waals surface area contributed by atoms with Crippen LogP contribution in [-0.4, -0.2) is 35.2 Å². The maximum Gasteiger partial charge on any atom is 0.412 e. The van der Waals surface area contributed by atoms with Crippen molar-refractivity contribution in [2.75, 3.05) is 29.5 Å². The second-order valence-corrected chi connectivity index (χ2v) is 9.17. The third-order valence-corrected chi connectivity index (χ3v) is 7.11. The molecule has 0 radical (unpaired) electrons. The summed E-state index contributed by atoms with van der Waals surface area (Å²) in [5.74, 6) is 1.65. The number of anilines is 3. The van der Waals surface area contributed by atoms with E-state index in [2.05, 4.69) is 20.8 Å². The molecule has 0 aliphatic heterocycles. The molecule has 4 N–H and O–H groups in total. The lowest BCUT2D eigenvalue weighted by molar-refractivity contribution is -0.383. The molecule has 4 saturated carbocycles. The Labute approximate surface area is 179 Å². The van der Waals surface area contributed by atoms with Crippen molar-refractivity contribution >= 4 is 29.1 Å². The highest BCUT2D eigenvalue weighted by atomic mass is 16.6. The number of nitrogen functional groups attached to an aromatic ring is 1. The number of nitrogens with zero attached hydrogens (tertiary/aromatic N) is 3. The average molecular weight is 432 g/mol. The largest absolute Gasteiger partial charge is 0.450 e. The number of amides is 1. The van der Waals surface area contributed by atoms with Crippen LogP contribution in [0.5, 0.6) is 0 Å². The molecule has 5 rings (SSSR count). The number of nitroso groups, excluding NO2 is 1. The minimum absolute atomic E-state index is 0.0227. The highest BCUT2D eigenvalue weighted by molar-refractivity contribution is 5.86. The van der Waals surface area contributed by atoms with Gasteiger partial charge in [-0.2, -0.15) is 4.91 Å². The molecule has 4 aliphatic carbocycles. The number of pyridine rings is 1. The van der Waals surface area contributed by atoms with Crippen LogP contribution in [0.4, 0.5) is 27.8 Å². The Hall–Kier alpha value is -2.98. The number of nitro groups is 1. The van der Waals surface area contributed by atoms with Gasteiger partial charge in [-0.1, -0.05) is 5.18 Å². The molecule has 31 heavy (non-hydrogen) atoms. The topological polar surface area (TPSA) is 162 Å². The lowest BCUT2D eigenvalue weighted by Crippen LogP contribution is -2.52. The summed E-state index contributed by atoms with van der Waals surface area (Å²) in [5, 5.41) is 20.4. The fourth-order valence-corrected chi connectivity index (χ4v) is 6.38. The number of nitrogens with one attached hydrogen (secondary N) is 2. The Morgan fingerprint density at radius 1 is 1.35 bits per heavy atom. The number of hydrogen-bond acceptors (Lipinski definition) is 9. The molecule has 11 heteroatoms. The minimum atomic E-state index is -0.741. The first-order valence-corrected chi connectivity index (χ1v) is 10.8. The predicted molar refractivity (Wildman–Crippen MR) is 115 cm³/mol. The molecule has 0 aromatic carbocycles. The first-order chi connectivity index (χ1) is 14.8. The van der Waals surface area contributed by atoms with Crippen LogP contribution in [0.1, 0.15) is 45.4 Å². The van der Waals surface area contributed by atoms with Gasteiger partial charge >= 0.3 is 11.8 Å². The van der Waals surface area contributed by atoms with E-state index in [0.717, 1.165) is 19.3 Å². The summed E-state index contributed by atoms with van der Waals surface area (Å²) < 4.78 is 4.82. The molecule has 1 heterocycles. The Bertz CT molecular complexity index is 856. The van der Waals surface area contributed by atoms with E-state index in [1.807, 2.05) is 0 Å². The quantitative estimate of drug-likeness (QED) is 0.316. The van der Waals surface area contributed by atoms with E-state index in [9.17, 15) is 19.8 Å². The minimum Gasteiger partial charge on any atom is -0.450 e. The fraction of sp³-hybridized carbons (Fsp3) is 0.700. The van der Waals surface area contributed by atoms with Gasteiger partial charge in [0.1, 0.15) is 17.5 Å². The van der Waals surface area contributed by atoms with E-state index in [1.54, 1.807) is 6.92 Å². The fourth-order valence-electron chi connectivity index (χ4n) is 6.38. The molecule has 168 valence electrons. The van der Waals surface area contributed by atoms with Gasteiger partial charge in [0.25, 0.3) is 0 Å². The summed E-state index contributed by atoms with van der Waals surface area (Å²) in [6, 6.07) is 0.837. The number of ether oxygens (including phenoxy) is 1. The summed E-state index contributed by atoms with van der Waals surface area (Å²) in [6.45, 7) is 1.98. The van der Waals surface area contributed by atoms with Crippen LogP contribution >= 0.6 is 0 Å². The second kappa shape index (κ2) is 8.27. The van der Waals surface area contributed by atoms with Crippen LogP contribution in [0, 0.1) is 38.2 Å². The molecule has 1 amide bonds. The molecule has 1 atom stereocenters. The normalized spacial score (nSPS) is 29.3. The number of rotatable bonds is 8. The zero-order valence-electron chi connectivity index (χ0n) is 17.5. The number of hydrogen-bond donors (Lipinski definition) is 3. The monoisotopic (exact) mass is 432 g/mol. The second-order valence-electron chi connectivity index (χ2n) is 9.17. The molecule has 1 unspecified atom stereocenters. The molecule has 0 spiro atoms. The molecular weight excluding hydrogens is 404 g/mol. The zero-order chi connectivity index (χ0) is 22.2. The van der Waals surface area contributed by atoms with Gasteiger partial charge < -0.3 is 15.8 Å². The Morgan fingerprint density at radius 2 is 1.97 bits per heavy atom. The molecule has 1 aromatic rings. The number of carbonyl (C=O) groups excluding carboxylic acids is 1. The Morgan fingerprint density at radius 3 is 2.48 bits per heavy atom. The van der Waals surface area contributed by atoms with Crippen LogP contribution < -0.4 is 16.4 Å². The molecular formula is C20H28N6O5. The van der Waals surface area contributed by atoms with Crippen molar-refractivity contribution in [3.8, 4) is 0 Å². The van der Waals surface area contributed by atoms with Gasteiger partial charge in [0.15, 0.2) is 0 Å². The third-order valence-electron chi connectivity index (χ3n) is 7.11. The Kier molecular flexibility index (Phi) is 5.67. The predicted octanol–water partition coefficient (Wildman–Crippen LogP) is 3.90. The van der Waals surface area contributed by atoms with Gasteiger partial charge in [-0.05, 0) is 68.6 Å².